The third-order valence-corrected chi connectivity index (χ3v) is 3.81. The molecule has 0 saturated carbocycles. The zero-order valence-corrected chi connectivity index (χ0v) is 9.23. The summed E-state index contributed by atoms with van der Waals surface area (Å²) in [5, 5.41) is 2.16. The zero-order valence-electron chi connectivity index (χ0n) is 6.79. The van der Waals surface area contributed by atoms with Crippen molar-refractivity contribution in [2.24, 2.45) is 0 Å². The van der Waals surface area contributed by atoms with E-state index < -0.39 is 0 Å². The average molecular weight is 206 g/mol. The molecule has 0 aliphatic rings. The maximum atomic E-state index is 3.65. The Bertz CT molecular complexity index is 110. The Labute approximate surface area is 81.7 Å². The monoisotopic (exact) mass is 206 g/mol. The fourth-order valence-electron chi connectivity index (χ4n) is 0.405. The van der Waals surface area contributed by atoms with Gasteiger partial charge in [-0.1, -0.05) is 40.7 Å². The number of hydrogen-bond acceptors (Lipinski definition) is 3. The van der Waals surface area contributed by atoms with Gasteiger partial charge in [0.05, 0.1) is 0 Å². The summed E-state index contributed by atoms with van der Waals surface area (Å²) in [7, 11) is 3.68. The first-order valence-corrected chi connectivity index (χ1v) is 7.07. The van der Waals surface area contributed by atoms with Crippen LogP contribution in [0.4, 0.5) is 0 Å². The molecule has 11 heavy (non-hydrogen) atoms. The molecule has 0 heterocycles. The molecule has 0 saturated heterocycles. The lowest BCUT2D eigenvalue weighted by Crippen LogP contribution is -1.71. The minimum Gasteiger partial charge on any atom is -0.154 e. The minimum absolute atomic E-state index is 1.05. The van der Waals surface area contributed by atoms with E-state index in [1.165, 1.54) is 5.75 Å². The lowest BCUT2D eigenvalue weighted by atomic mass is 10.8. The van der Waals surface area contributed by atoms with Crippen LogP contribution in [0.15, 0.2) is 24.1 Å². The molecule has 0 nitrogen and oxygen atoms in total. The molecule has 0 aliphatic carbocycles. The normalized spacial score (nSPS) is 10.6. The van der Waals surface area contributed by atoms with Crippen molar-refractivity contribution in [1.82, 2.24) is 0 Å². The predicted octanol–water partition coefficient (Wildman–Crippen LogP) is 3.82. The second-order valence-corrected chi connectivity index (χ2v) is 5.34. The second-order valence-electron chi connectivity index (χ2n) is 1.70. The van der Waals surface area contributed by atoms with Crippen molar-refractivity contribution in [2.45, 2.75) is 6.92 Å². The molecule has 0 aromatic heterocycles. The van der Waals surface area contributed by atoms with Gasteiger partial charge < -0.3 is 0 Å². The molecule has 0 spiro atoms. The molecule has 0 aromatic rings. The van der Waals surface area contributed by atoms with Crippen LogP contribution in [0.5, 0.6) is 0 Å². The van der Waals surface area contributed by atoms with Crippen LogP contribution in [0.25, 0.3) is 0 Å². The van der Waals surface area contributed by atoms with Gasteiger partial charge in [0.15, 0.2) is 0 Å². The van der Waals surface area contributed by atoms with Crippen molar-refractivity contribution in [3.05, 3.63) is 24.1 Å². The maximum absolute atomic E-state index is 3.65. The average Bonchev–Trinajstić information content (AvgIpc) is 2.03. The molecule has 0 aromatic carbocycles. The number of thioether (sulfide) groups is 1. The van der Waals surface area contributed by atoms with Crippen molar-refractivity contribution in [3.8, 4) is 0 Å². The zero-order chi connectivity index (χ0) is 8.36. The SMILES string of the molecule is C=CCSCC=CSSCC. The largest absolute Gasteiger partial charge is 0.154 e. The smallest absolute Gasteiger partial charge is 0.0124 e. The first-order chi connectivity index (χ1) is 5.41. The molecule has 0 atom stereocenters. The summed E-state index contributed by atoms with van der Waals surface area (Å²) in [5.41, 5.74) is 0. The number of hydrogen-bond donors (Lipinski definition) is 0. The van der Waals surface area contributed by atoms with Crippen LogP contribution >= 0.6 is 33.3 Å². The van der Waals surface area contributed by atoms with Crippen LogP contribution in [-0.4, -0.2) is 17.3 Å². The van der Waals surface area contributed by atoms with Crippen LogP contribution in [0, 0.1) is 0 Å². The summed E-state index contributed by atoms with van der Waals surface area (Å²) < 4.78 is 0. The summed E-state index contributed by atoms with van der Waals surface area (Å²) in [6.07, 6.45) is 4.13. The predicted molar refractivity (Wildman–Crippen MR) is 62.4 cm³/mol. The Kier molecular flexibility index (Phi) is 11.0. The Balaban J connectivity index is 2.97. The first-order valence-electron chi connectivity index (χ1n) is 3.53. The van der Waals surface area contributed by atoms with Crippen molar-refractivity contribution >= 4 is 33.3 Å². The van der Waals surface area contributed by atoms with Crippen molar-refractivity contribution in [3.63, 3.8) is 0 Å². The minimum atomic E-state index is 1.05. The summed E-state index contributed by atoms with van der Waals surface area (Å²) in [4.78, 5) is 0. The Morgan fingerprint density at radius 3 is 2.82 bits per heavy atom. The Hall–Kier alpha value is 0.530. The van der Waals surface area contributed by atoms with E-state index in [2.05, 4.69) is 25.0 Å². The number of rotatable bonds is 7. The van der Waals surface area contributed by atoms with E-state index in [1.807, 2.05) is 39.4 Å². The molecule has 0 radical (unpaired) electrons. The van der Waals surface area contributed by atoms with Crippen LogP contribution in [0.1, 0.15) is 6.92 Å². The van der Waals surface area contributed by atoms with E-state index in [4.69, 9.17) is 0 Å². The lowest BCUT2D eigenvalue weighted by Gasteiger charge is -1.90. The molecule has 3 heteroatoms. The van der Waals surface area contributed by atoms with Gasteiger partial charge in [0.2, 0.25) is 0 Å². The molecule has 0 N–H and O–H groups in total. The quantitative estimate of drug-likeness (QED) is 0.353. The maximum Gasteiger partial charge on any atom is 0.0124 e. The Morgan fingerprint density at radius 2 is 2.18 bits per heavy atom. The summed E-state index contributed by atoms with van der Waals surface area (Å²) >= 11 is 1.88. The summed E-state index contributed by atoms with van der Waals surface area (Å²) in [6.45, 7) is 5.82. The Morgan fingerprint density at radius 1 is 1.36 bits per heavy atom. The van der Waals surface area contributed by atoms with Gasteiger partial charge in [-0.3, -0.25) is 0 Å². The fraction of sp³-hybridized carbons (Fsp3) is 0.500. The van der Waals surface area contributed by atoms with Crippen molar-refractivity contribution < 1.29 is 0 Å². The standard InChI is InChI=1S/C8H14S3/c1-3-6-9-7-5-8-11-10-4-2/h3,5,8H,1,4,6-7H2,2H3. The highest BCUT2D eigenvalue weighted by atomic mass is 33.1. The van der Waals surface area contributed by atoms with E-state index >= 15 is 0 Å². The second kappa shape index (κ2) is 10.5. The topological polar surface area (TPSA) is 0 Å². The van der Waals surface area contributed by atoms with E-state index in [0.717, 1.165) is 11.5 Å². The van der Waals surface area contributed by atoms with Gasteiger partial charge in [0.1, 0.15) is 0 Å². The molecular weight excluding hydrogens is 192 g/mol. The molecule has 64 valence electrons. The van der Waals surface area contributed by atoms with E-state index in [0.29, 0.717) is 0 Å². The van der Waals surface area contributed by atoms with Gasteiger partial charge in [-0.25, -0.2) is 0 Å². The third kappa shape index (κ3) is 10.5. The highest BCUT2D eigenvalue weighted by Gasteiger charge is 1.80. The molecule has 0 rings (SSSR count). The molecule has 0 bridgehead atoms. The van der Waals surface area contributed by atoms with E-state index in [1.54, 1.807) is 0 Å². The first kappa shape index (κ1) is 11.5. The van der Waals surface area contributed by atoms with Crippen molar-refractivity contribution in [1.29, 1.82) is 0 Å². The van der Waals surface area contributed by atoms with Gasteiger partial charge in [0, 0.05) is 17.3 Å². The van der Waals surface area contributed by atoms with Crippen molar-refractivity contribution in [2.75, 3.05) is 17.3 Å². The van der Waals surface area contributed by atoms with Crippen LogP contribution in [0.2, 0.25) is 0 Å². The highest BCUT2D eigenvalue weighted by Crippen LogP contribution is 2.21. The lowest BCUT2D eigenvalue weighted by molar-refractivity contribution is 1.54. The van der Waals surface area contributed by atoms with Crippen LogP contribution in [0.3, 0.4) is 0 Å². The van der Waals surface area contributed by atoms with Gasteiger partial charge in [-0.15, -0.1) is 6.58 Å². The highest BCUT2D eigenvalue weighted by molar-refractivity contribution is 8.77. The van der Waals surface area contributed by atoms with Gasteiger partial charge in [-0.05, 0) is 5.41 Å². The van der Waals surface area contributed by atoms with Gasteiger partial charge in [0.25, 0.3) is 0 Å². The van der Waals surface area contributed by atoms with Gasteiger partial charge >= 0.3 is 0 Å². The molecular formula is C8H14S3. The molecule has 0 aliphatic heterocycles. The van der Waals surface area contributed by atoms with Crippen LogP contribution < -0.4 is 0 Å². The molecule has 0 amide bonds. The van der Waals surface area contributed by atoms with Crippen LogP contribution in [-0.2, 0) is 0 Å². The van der Waals surface area contributed by atoms with E-state index in [-0.39, 0.29) is 0 Å². The molecule has 0 fully saturated rings. The third-order valence-electron chi connectivity index (χ3n) is 0.787. The summed E-state index contributed by atoms with van der Waals surface area (Å²) in [6, 6.07) is 0. The molecule has 0 unspecified atom stereocenters. The fourth-order valence-corrected chi connectivity index (χ4v) is 2.33. The van der Waals surface area contributed by atoms with E-state index in [9.17, 15) is 0 Å². The van der Waals surface area contributed by atoms with Gasteiger partial charge in [-0.2, -0.15) is 11.8 Å². The summed E-state index contributed by atoms with van der Waals surface area (Å²) in [5.74, 6) is 3.33.